The molecule has 1 atom stereocenters. The van der Waals surface area contributed by atoms with Crippen molar-refractivity contribution in [1.29, 1.82) is 0 Å². The fourth-order valence-corrected chi connectivity index (χ4v) is 6.11. The molecule has 0 aromatic rings. The summed E-state index contributed by atoms with van der Waals surface area (Å²) < 4.78 is 0. The molecule has 0 aliphatic carbocycles. The molecule has 1 unspecified atom stereocenters. The van der Waals surface area contributed by atoms with E-state index in [1.54, 1.807) is 0 Å². The van der Waals surface area contributed by atoms with Crippen LogP contribution in [0.5, 0.6) is 0 Å². The van der Waals surface area contributed by atoms with E-state index >= 15 is 0 Å². The number of carbonyl (C=O) groups excluding carboxylic acids is 1. The summed E-state index contributed by atoms with van der Waals surface area (Å²) in [4.78, 5) is 23.1. The van der Waals surface area contributed by atoms with E-state index in [4.69, 9.17) is 5.11 Å². The monoisotopic (exact) mass is 594 g/mol. The van der Waals surface area contributed by atoms with Crippen LogP contribution in [0.3, 0.4) is 0 Å². The van der Waals surface area contributed by atoms with Crippen molar-refractivity contribution in [2.45, 2.75) is 219 Å². The molecule has 4 nitrogen and oxygen atoms in total. The highest BCUT2D eigenvalue weighted by Crippen LogP contribution is 2.17. The number of nitrogens with one attached hydrogen (secondary N) is 1. The highest BCUT2D eigenvalue weighted by Gasteiger charge is 2.13. The topological polar surface area (TPSA) is 66.4 Å². The summed E-state index contributed by atoms with van der Waals surface area (Å²) in [6.07, 6.45) is 40.7. The Balaban J connectivity index is 3.20. The lowest BCUT2D eigenvalue weighted by Gasteiger charge is -2.08. The number of aliphatic carboxylic acids is 1. The lowest BCUT2D eigenvalue weighted by molar-refractivity contribution is -0.142. The van der Waals surface area contributed by atoms with E-state index in [0.717, 1.165) is 38.6 Å². The van der Waals surface area contributed by atoms with Crippen molar-refractivity contribution in [3.05, 3.63) is 0 Å². The highest BCUT2D eigenvalue weighted by atomic mass is 16.4. The van der Waals surface area contributed by atoms with Crippen molar-refractivity contribution in [1.82, 2.24) is 5.32 Å². The van der Waals surface area contributed by atoms with Crippen molar-refractivity contribution < 1.29 is 14.7 Å². The smallest absolute Gasteiger partial charge is 0.306 e. The molecule has 0 fully saturated rings. The number of carboxylic acid groups (broad SMARTS) is 1. The van der Waals surface area contributed by atoms with Crippen LogP contribution >= 0.6 is 0 Å². The zero-order chi connectivity index (χ0) is 30.8. The Bertz CT molecular complexity index is 565. The number of carbonyl (C=O) groups is 2. The predicted octanol–water partition coefficient (Wildman–Crippen LogP) is 12.3. The van der Waals surface area contributed by atoms with Gasteiger partial charge in [0.2, 0.25) is 5.91 Å². The van der Waals surface area contributed by atoms with Crippen molar-refractivity contribution >= 4 is 11.9 Å². The summed E-state index contributed by atoms with van der Waals surface area (Å²) in [5.41, 5.74) is 0. The van der Waals surface area contributed by atoms with E-state index in [2.05, 4.69) is 12.2 Å². The van der Waals surface area contributed by atoms with Gasteiger partial charge in [0.05, 0.1) is 5.92 Å². The van der Waals surface area contributed by atoms with E-state index in [9.17, 15) is 9.59 Å². The minimum absolute atomic E-state index is 0.135. The van der Waals surface area contributed by atoms with Gasteiger partial charge in [-0.1, -0.05) is 187 Å². The molecule has 250 valence electrons. The first kappa shape index (κ1) is 40.9. The number of amides is 1. The first-order valence-corrected chi connectivity index (χ1v) is 19.1. The van der Waals surface area contributed by atoms with Gasteiger partial charge in [-0.05, 0) is 25.7 Å². The molecular formula is C38H75NO3. The fraction of sp³-hybridized carbons (Fsp3) is 0.947. The summed E-state index contributed by atoms with van der Waals surface area (Å²) in [6.45, 7) is 5.12. The normalized spacial score (nSPS) is 12.0. The molecule has 0 bridgehead atoms. The maximum absolute atomic E-state index is 12.1. The minimum Gasteiger partial charge on any atom is -0.481 e. The van der Waals surface area contributed by atoms with Gasteiger partial charge in [0, 0.05) is 13.0 Å². The lowest BCUT2D eigenvalue weighted by atomic mass is 9.98. The second-order valence-corrected chi connectivity index (χ2v) is 13.2. The van der Waals surface area contributed by atoms with Gasteiger partial charge in [-0.3, -0.25) is 9.59 Å². The summed E-state index contributed by atoms with van der Waals surface area (Å²) >= 11 is 0. The van der Waals surface area contributed by atoms with Crippen molar-refractivity contribution in [2.24, 2.45) is 5.92 Å². The van der Waals surface area contributed by atoms with Gasteiger partial charge in [0.15, 0.2) is 0 Å². The molecule has 0 saturated heterocycles. The Morgan fingerprint density at radius 3 is 1.17 bits per heavy atom. The van der Waals surface area contributed by atoms with Crippen LogP contribution in [0.25, 0.3) is 0 Å². The molecule has 0 aromatic heterocycles. The van der Waals surface area contributed by atoms with Crippen LogP contribution in [0.4, 0.5) is 0 Å². The number of unbranched alkanes of at least 4 members (excludes halogenated alkanes) is 27. The van der Waals surface area contributed by atoms with E-state index in [1.807, 2.05) is 6.92 Å². The third-order valence-electron chi connectivity index (χ3n) is 9.15. The average molecular weight is 594 g/mol. The minimum atomic E-state index is -0.623. The zero-order valence-corrected chi connectivity index (χ0v) is 28.7. The molecule has 1 amide bonds. The third kappa shape index (κ3) is 31.9. The standard InChI is InChI=1S/C38H75NO3/c1-3-5-6-7-8-9-10-11-12-16-19-22-25-28-31-34-37(40)39-35-32-29-26-23-20-17-14-13-15-18-21-24-27-30-33-36(4-2)38(41)42/h36H,3-35H2,1-2H3,(H,39,40)(H,41,42). The van der Waals surface area contributed by atoms with Gasteiger partial charge in [0.25, 0.3) is 0 Å². The summed E-state index contributed by atoms with van der Waals surface area (Å²) in [5.74, 6) is -0.501. The Morgan fingerprint density at radius 2 is 0.810 bits per heavy atom. The third-order valence-corrected chi connectivity index (χ3v) is 9.15. The lowest BCUT2D eigenvalue weighted by Crippen LogP contribution is -2.23. The Hall–Kier alpha value is -1.06. The molecular weight excluding hydrogens is 518 g/mol. The number of rotatable bonds is 35. The van der Waals surface area contributed by atoms with Gasteiger partial charge in [0.1, 0.15) is 0 Å². The molecule has 0 radical (unpaired) electrons. The Morgan fingerprint density at radius 1 is 0.476 bits per heavy atom. The molecule has 42 heavy (non-hydrogen) atoms. The van der Waals surface area contributed by atoms with Gasteiger partial charge < -0.3 is 10.4 Å². The predicted molar refractivity (Wildman–Crippen MR) is 183 cm³/mol. The molecule has 0 rings (SSSR count). The molecule has 0 aliphatic heterocycles. The quantitative estimate of drug-likeness (QED) is 0.0718. The average Bonchev–Trinajstić information content (AvgIpc) is 2.98. The van der Waals surface area contributed by atoms with Crippen LogP contribution < -0.4 is 5.32 Å². The SMILES string of the molecule is CCCCCCCCCCCCCCCCCC(=O)NCCCCCCCCCCCCCCCCC(CC)C(=O)O. The maximum Gasteiger partial charge on any atom is 0.306 e. The van der Waals surface area contributed by atoms with Gasteiger partial charge in [-0.2, -0.15) is 0 Å². The van der Waals surface area contributed by atoms with Crippen LogP contribution in [-0.4, -0.2) is 23.5 Å². The van der Waals surface area contributed by atoms with Crippen LogP contribution in [0.1, 0.15) is 219 Å². The second-order valence-electron chi connectivity index (χ2n) is 13.2. The Kier molecular flexibility index (Phi) is 33.6. The Labute approximate surface area is 263 Å². The number of hydrogen-bond donors (Lipinski definition) is 2. The number of hydrogen-bond acceptors (Lipinski definition) is 2. The van der Waals surface area contributed by atoms with E-state index < -0.39 is 5.97 Å². The van der Waals surface area contributed by atoms with E-state index in [0.29, 0.717) is 6.42 Å². The first-order chi connectivity index (χ1) is 20.6. The van der Waals surface area contributed by atoms with Crippen LogP contribution in [0, 0.1) is 5.92 Å². The maximum atomic E-state index is 12.1. The van der Waals surface area contributed by atoms with E-state index in [-0.39, 0.29) is 11.8 Å². The van der Waals surface area contributed by atoms with Crippen molar-refractivity contribution in [3.8, 4) is 0 Å². The fourth-order valence-electron chi connectivity index (χ4n) is 6.11. The van der Waals surface area contributed by atoms with Crippen LogP contribution in [-0.2, 0) is 9.59 Å². The summed E-state index contributed by atoms with van der Waals surface area (Å²) in [7, 11) is 0. The molecule has 4 heteroatoms. The van der Waals surface area contributed by atoms with Crippen LogP contribution in [0.15, 0.2) is 0 Å². The summed E-state index contributed by atoms with van der Waals surface area (Å²) in [6, 6.07) is 0. The molecule has 0 saturated carbocycles. The largest absolute Gasteiger partial charge is 0.481 e. The highest BCUT2D eigenvalue weighted by molar-refractivity contribution is 5.75. The first-order valence-electron chi connectivity index (χ1n) is 19.1. The molecule has 0 aromatic carbocycles. The van der Waals surface area contributed by atoms with Crippen LogP contribution in [0.2, 0.25) is 0 Å². The second kappa shape index (κ2) is 34.4. The van der Waals surface area contributed by atoms with Crippen molar-refractivity contribution in [3.63, 3.8) is 0 Å². The van der Waals surface area contributed by atoms with E-state index in [1.165, 1.54) is 167 Å². The molecule has 2 N–H and O–H groups in total. The van der Waals surface area contributed by atoms with Crippen molar-refractivity contribution in [2.75, 3.05) is 6.54 Å². The molecule has 0 heterocycles. The number of carboxylic acids is 1. The van der Waals surface area contributed by atoms with Gasteiger partial charge in [-0.25, -0.2) is 0 Å². The summed E-state index contributed by atoms with van der Waals surface area (Å²) in [5, 5.41) is 12.2. The van der Waals surface area contributed by atoms with Gasteiger partial charge in [-0.15, -0.1) is 0 Å². The molecule has 0 aliphatic rings. The van der Waals surface area contributed by atoms with Gasteiger partial charge >= 0.3 is 5.97 Å². The zero-order valence-electron chi connectivity index (χ0n) is 28.7. The molecule has 0 spiro atoms.